The Labute approximate surface area is 121 Å². The van der Waals surface area contributed by atoms with Gasteiger partial charge in [-0.2, -0.15) is 0 Å². The van der Waals surface area contributed by atoms with Gasteiger partial charge in [-0.05, 0) is 12.1 Å². The van der Waals surface area contributed by atoms with Gasteiger partial charge in [0, 0.05) is 18.2 Å². The van der Waals surface area contributed by atoms with Crippen molar-refractivity contribution >= 4 is 29.6 Å². The van der Waals surface area contributed by atoms with Crippen LogP contribution < -0.4 is 10.1 Å². The van der Waals surface area contributed by atoms with E-state index < -0.39 is 5.97 Å². The molecule has 0 aliphatic rings. The average Bonchev–Trinajstić information content (AvgIpc) is 2.41. The lowest BCUT2D eigenvalue weighted by Crippen LogP contribution is -2.28. The molecule has 0 spiro atoms. The fourth-order valence-electron chi connectivity index (χ4n) is 1.34. The number of carbonyl (C=O) groups is 2. The molecule has 1 aromatic carbocycles. The van der Waals surface area contributed by atoms with E-state index in [0.717, 1.165) is 6.08 Å². The van der Waals surface area contributed by atoms with Gasteiger partial charge >= 0.3 is 5.97 Å². The highest BCUT2D eigenvalue weighted by Crippen LogP contribution is 2.29. The van der Waals surface area contributed by atoms with E-state index in [1.165, 1.54) is 6.08 Å². The highest BCUT2D eigenvalue weighted by molar-refractivity contribution is 6.32. The second-order valence-electron chi connectivity index (χ2n) is 3.71. The number of hydrogen-bond acceptors (Lipinski definition) is 3. The molecule has 2 N–H and O–H groups in total. The summed E-state index contributed by atoms with van der Waals surface area (Å²) in [5, 5.41) is 11.5. The van der Waals surface area contributed by atoms with Crippen LogP contribution in [0.5, 0.6) is 5.75 Å². The van der Waals surface area contributed by atoms with E-state index in [1.807, 2.05) is 0 Å². The SMILES string of the molecule is C=CCNC(=O)COc1c(Cl)cccc1/C=C/C(=O)O. The van der Waals surface area contributed by atoms with Crippen LogP contribution in [0.4, 0.5) is 0 Å². The van der Waals surface area contributed by atoms with Crippen molar-refractivity contribution in [3.63, 3.8) is 0 Å². The average molecular weight is 296 g/mol. The van der Waals surface area contributed by atoms with Crippen molar-refractivity contribution in [1.82, 2.24) is 5.32 Å². The second-order valence-corrected chi connectivity index (χ2v) is 4.12. The van der Waals surface area contributed by atoms with Crippen LogP contribution in [-0.2, 0) is 9.59 Å². The third-order valence-electron chi connectivity index (χ3n) is 2.19. The van der Waals surface area contributed by atoms with Crippen LogP contribution >= 0.6 is 11.6 Å². The first-order valence-electron chi connectivity index (χ1n) is 5.74. The maximum absolute atomic E-state index is 11.4. The van der Waals surface area contributed by atoms with Crippen molar-refractivity contribution in [2.75, 3.05) is 13.2 Å². The van der Waals surface area contributed by atoms with E-state index in [2.05, 4.69) is 11.9 Å². The van der Waals surface area contributed by atoms with Gasteiger partial charge in [0.05, 0.1) is 5.02 Å². The zero-order valence-electron chi connectivity index (χ0n) is 10.6. The summed E-state index contributed by atoms with van der Waals surface area (Å²) in [6, 6.07) is 4.90. The van der Waals surface area contributed by atoms with Gasteiger partial charge in [-0.15, -0.1) is 6.58 Å². The molecule has 0 saturated heterocycles. The summed E-state index contributed by atoms with van der Waals surface area (Å²) in [5.41, 5.74) is 0.483. The van der Waals surface area contributed by atoms with Crippen LogP contribution in [0, 0.1) is 0 Å². The molecular weight excluding hydrogens is 282 g/mol. The van der Waals surface area contributed by atoms with Crippen LogP contribution in [0.25, 0.3) is 6.08 Å². The van der Waals surface area contributed by atoms with Gasteiger partial charge in [0.1, 0.15) is 5.75 Å². The molecule has 5 nitrogen and oxygen atoms in total. The van der Waals surface area contributed by atoms with Crippen molar-refractivity contribution in [3.8, 4) is 5.75 Å². The molecule has 0 aliphatic carbocycles. The van der Waals surface area contributed by atoms with Gasteiger partial charge in [0.25, 0.3) is 5.91 Å². The number of carbonyl (C=O) groups excluding carboxylic acids is 1. The predicted molar refractivity (Wildman–Crippen MR) is 76.8 cm³/mol. The highest BCUT2D eigenvalue weighted by Gasteiger charge is 2.09. The first-order chi connectivity index (χ1) is 9.54. The molecule has 106 valence electrons. The molecule has 0 bridgehead atoms. The van der Waals surface area contributed by atoms with Gasteiger partial charge in [-0.25, -0.2) is 4.79 Å². The minimum atomic E-state index is -1.08. The zero-order valence-corrected chi connectivity index (χ0v) is 11.4. The van der Waals surface area contributed by atoms with Crippen molar-refractivity contribution in [2.24, 2.45) is 0 Å². The monoisotopic (exact) mass is 295 g/mol. The molecule has 0 radical (unpaired) electrons. The van der Waals surface area contributed by atoms with Crippen LogP contribution in [0.2, 0.25) is 5.02 Å². The van der Waals surface area contributed by atoms with Gasteiger partial charge in [0.2, 0.25) is 0 Å². The number of ether oxygens (including phenoxy) is 1. The van der Waals surface area contributed by atoms with E-state index in [1.54, 1.807) is 24.3 Å². The molecule has 20 heavy (non-hydrogen) atoms. The number of nitrogens with one attached hydrogen (secondary N) is 1. The molecule has 1 aromatic rings. The van der Waals surface area contributed by atoms with Crippen LogP contribution in [0.15, 0.2) is 36.9 Å². The first kappa shape index (κ1) is 15.8. The molecule has 0 saturated carbocycles. The summed E-state index contributed by atoms with van der Waals surface area (Å²) >= 11 is 5.98. The molecule has 6 heteroatoms. The molecule has 0 fully saturated rings. The Kier molecular flexibility index (Phi) is 6.32. The Morgan fingerprint density at radius 3 is 2.85 bits per heavy atom. The number of rotatable bonds is 7. The Morgan fingerprint density at radius 2 is 2.20 bits per heavy atom. The number of para-hydroxylation sites is 1. The maximum Gasteiger partial charge on any atom is 0.328 e. The standard InChI is InChI=1S/C14H14ClNO4/c1-2-8-16-12(17)9-20-14-10(6-7-13(18)19)4-3-5-11(14)15/h2-7H,1,8-9H2,(H,16,17)(H,18,19)/b7-6+. The van der Waals surface area contributed by atoms with Gasteiger partial charge < -0.3 is 15.2 Å². The zero-order chi connectivity index (χ0) is 15.0. The predicted octanol–water partition coefficient (Wildman–Crippen LogP) is 2.12. The lowest BCUT2D eigenvalue weighted by atomic mass is 10.2. The number of halogens is 1. The van der Waals surface area contributed by atoms with E-state index in [-0.39, 0.29) is 18.3 Å². The quantitative estimate of drug-likeness (QED) is 0.597. The number of benzene rings is 1. The second kappa shape index (κ2) is 8.01. The topological polar surface area (TPSA) is 75.6 Å². The molecular formula is C14H14ClNO4. The molecule has 0 aromatic heterocycles. The summed E-state index contributed by atoms with van der Waals surface area (Å²) in [4.78, 5) is 21.9. The molecule has 0 unspecified atom stereocenters. The Morgan fingerprint density at radius 1 is 1.45 bits per heavy atom. The number of amides is 1. The fraction of sp³-hybridized carbons (Fsp3) is 0.143. The number of hydrogen-bond donors (Lipinski definition) is 2. The Hall–Kier alpha value is -2.27. The third kappa shape index (κ3) is 5.16. The van der Waals surface area contributed by atoms with Crippen molar-refractivity contribution in [2.45, 2.75) is 0 Å². The van der Waals surface area contributed by atoms with E-state index in [0.29, 0.717) is 17.1 Å². The van der Waals surface area contributed by atoms with E-state index in [9.17, 15) is 9.59 Å². The summed E-state index contributed by atoms with van der Waals surface area (Å²) in [7, 11) is 0. The van der Waals surface area contributed by atoms with E-state index >= 15 is 0 Å². The Bertz CT molecular complexity index is 540. The Balaban J connectivity index is 2.80. The van der Waals surface area contributed by atoms with Crippen molar-refractivity contribution in [1.29, 1.82) is 0 Å². The van der Waals surface area contributed by atoms with Crippen LogP contribution in [-0.4, -0.2) is 30.1 Å². The smallest absolute Gasteiger partial charge is 0.328 e. The third-order valence-corrected chi connectivity index (χ3v) is 2.49. The van der Waals surface area contributed by atoms with Crippen LogP contribution in [0.1, 0.15) is 5.56 Å². The first-order valence-corrected chi connectivity index (χ1v) is 6.12. The largest absolute Gasteiger partial charge is 0.482 e. The minimum Gasteiger partial charge on any atom is -0.482 e. The van der Waals surface area contributed by atoms with Crippen molar-refractivity contribution in [3.05, 3.63) is 47.5 Å². The summed E-state index contributed by atoms with van der Waals surface area (Å²) in [5.74, 6) is -1.14. The lowest BCUT2D eigenvalue weighted by molar-refractivity contribution is -0.131. The molecule has 1 rings (SSSR count). The fourth-order valence-corrected chi connectivity index (χ4v) is 1.58. The van der Waals surface area contributed by atoms with Crippen molar-refractivity contribution < 1.29 is 19.4 Å². The van der Waals surface area contributed by atoms with E-state index in [4.69, 9.17) is 21.4 Å². The summed E-state index contributed by atoms with van der Waals surface area (Å²) < 4.78 is 5.34. The maximum atomic E-state index is 11.4. The molecule has 1 amide bonds. The molecule has 0 heterocycles. The number of aliphatic carboxylic acids is 1. The highest BCUT2D eigenvalue weighted by atomic mass is 35.5. The normalized spacial score (nSPS) is 10.2. The molecule has 0 aliphatic heterocycles. The number of carboxylic acid groups (broad SMARTS) is 1. The summed E-state index contributed by atoms with van der Waals surface area (Å²) in [6.07, 6.45) is 3.87. The van der Waals surface area contributed by atoms with Gasteiger partial charge in [-0.3, -0.25) is 4.79 Å². The lowest BCUT2D eigenvalue weighted by Gasteiger charge is -2.10. The minimum absolute atomic E-state index is 0.217. The van der Waals surface area contributed by atoms with Gasteiger partial charge in [0.15, 0.2) is 6.61 Å². The van der Waals surface area contributed by atoms with Crippen LogP contribution in [0.3, 0.4) is 0 Å². The molecule has 0 atom stereocenters. The number of carboxylic acids is 1. The van der Waals surface area contributed by atoms with Gasteiger partial charge in [-0.1, -0.05) is 29.8 Å². The summed E-state index contributed by atoms with van der Waals surface area (Å²) in [6.45, 7) is 3.61.